The van der Waals surface area contributed by atoms with Gasteiger partial charge in [0.2, 0.25) is 0 Å². The van der Waals surface area contributed by atoms with Gasteiger partial charge in [-0.15, -0.1) is 0 Å². The molecule has 0 radical (unpaired) electrons. The number of urea groups is 1. The van der Waals surface area contributed by atoms with Gasteiger partial charge in [-0.25, -0.2) is 4.79 Å². The molecule has 1 unspecified atom stereocenters. The first-order chi connectivity index (χ1) is 10.8. The maximum Gasteiger partial charge on any atom is 0.315 e. The van der Waals surface area contributed by atoms with Crippen molar-refractivity contribution in [2.45, 2.75) is 56.5 Å². The molecule has 1 aromatic heterocycles. The number of amides is 2. The fraction of sp³-hybridized carbons (Fsp3) is 0.706. The average Bonchev–Trinajstić information content (AvgIpc) is 2.96. The summed E-state index contributed by atoms with van der Waals surface area (Å²) in [5.41, 5.74) is 0.180. The molecule has 1 spiro atoms. The largest absolute Gasteiger partial charge is 0.469 e. The normalized spacial score (nSPS) is 32.8. The highest BCUT2D eigenvalue weighted by Gasteiger charge is 2.46. The third-order valence-electron chi connectivity index (χ3n) is 5.60. The van der Waals surface area contributed by atoms with E-state index in [1.54, 1.807) is 6.26 Å². The highest BCUT2D eigenvalue weighted by molar-refractivity contribution is 5.75. The molecule has 22 heavy (non-hydrogen) atoms. The van der Waals surface area contributed by atoms with Crippen LogP contribution in [0.1, 0.15) is 50.2 Å². The van der Waals surface area contributed by atoms with E-state index >= 15 is 0 Å². The minimum atomic E-state index is -0.0303. The Morgan fingerprint density at radius 3 is 2.91 bits per heavy atom. The van der Waals surface area contributed by atoms with Crippen molar-refractivity contribution in [1.82, 2.24) is 10.6 Å². The molecule has 1 saturated heterocycles. The summed E-state index contributed by atoms with van der Waals surface area (Å²) in [5, 5.41) is 6.32. The standard InChI is InChI=1S/C17H24N2O3/c20-16(18-13-10-12(13)14-4-3-8-22-14)19-15-5-9-21-11-17(15)6-1-2-7-17/h3-4,8,12-13,15H,1-2,5-7,9-11H2,(H2,18,19,20)/t12-,13-,15?/m1/s1. The topological polar surface area (TPSA) is 63.5 Å². The van der Waals surface area contributed by atoms with Crippen molar-refractivity contribution in [3.8, 4) is 0 Å². The summed E-state index contributed by atoms with van der Waals surface area (Å²) >= 11 is 0. The van der Waals surface area contributed by atoms with E-state index in [4.69, 9.17) is 9.15 Å². The van der Waals surface area contributed by atoms with Gasteiger partial charge in [0.05, 0.1) is 12.9 Å². The van der Waals surface area contributed by atoms with E-state index in [-0.39, 0.29) is 23.5 Å². The molecular weight excluding hydrogens is 280 g/mol. The Bertz CT molecular complexity index is 522. The number of furan rings is 1. The van der Waals surface area contributed by atoms with Gasteiger partial charge in [-0.3, -0.25) is 0 Å². The fourth-order valence-electron chi connectivity index (χ4n) is 4.22. The molecule has 0 bridgehead atoms. The predicted octanol–water partition coefficient (Wildman–Crippen LogP) is 2.78. The third-order valence-corrected chi connectivity index (χ3v) is 5.60. The van der Waals surface area contributed by atoms with E-state index in [2.05, 4.69) is 10.6 Å². The second kappa shape index (κ2) is 5.61. The lowest BCUT2D eigenvalue weighted by Gasteiger charge is -2.41. The SMILES string of the molecule is O=C(NC1CCOCC12CCCC2)N[C@@H]1C[C@H]1c1ccco1. The zero-order valence-corrected chi connectivity index (χ0v) is 12.8. The first kappa shape index (κ1) is 14.1. The smallest absolute Gasteiger partial charge is 0.315 e. The van der Waals surface area contributed by atoms with Gasteiger partial charge in [-0.05, 0) is 37.8 Å². The molecule has 4 rings (SSSR count). The molecule has 2 amide bonds. The number of carbonyl (C=O) groups is 1. The predicted molar refractivity (Wildman–Crippen MR) is 81.6 cm³/mol. The zero-order chi connectivity index (χ0) is 15.0. The first-order valence-electron chi connectivity index (χ1n) is 8.45. The Labute approximate surface area is 130 Å². The Hall–Kier alpha value is -1.49. The minimum Gasteiger partial charge on any atom is -0.469 e. The maximum atomic E-state index is 12.3. The van der Waals surface area contributed by atoms with E-state index in [0.29, 0.717) is 5.92 Å². The molecule has 5 heteroatoms. The lowest BCUT2D eigenvalue weighted by atomic mass is 9.76. The Kier molecular flexibility index (Phi) is 3.60. The Balaban J connectivity index is 1.32. The summed E-state index contributed by atoms with van der Waals surface area (Å²) in [7, 11) is 0. The van der Waals surface area contributed by atoms with Gasteiger partial charge in [-0.2, -0.15) is 0 Å². The summed E-state index contributed by atoms with van der Waals surface area (Å²) in [6.45, 7) is 1.56. The molecule has 3 fully saturated rings. The van der Waals surface area contributed by atoms with E-state index < -0.39 is 0 Å². The van der Waals surface area contributed by atoms with Crippen LogP contribution in [-0.2, 0) is 4.74 Å². The molecule has 1 aromatic rings. The molecule has 1 aliphatic heterocycles. The van der Waals surface area contributed by atoms with Crippen LogP contribution < -0.4 is 10.6 Å². The molecule has 3 aliphatic rings. The van der Waals surface area contributed by atoms with Crippen LogP contribution in [0.2, 0.25) is 0 Å². The van der Waals surface area contributed by atoms with E-state index in [1.165, 1.54) is 25.7 Å². The second-order valence-electron chi connectivity index (χ2n) is 7.05. The van der Waals surface area contributed by atoms with Crippen LogP contribution in [0.15, 0.2) is 22.8 Å². The molecular formula is C17H24N2O3. The molecule has 2 N–H and O–H groups in total. The summed E-state index contributed by atoms with van der Waals surface area (Å²) in [5.74, 6) is 1.32. The van der Waals surface area contributed by atoms with Crippen LogP contribution in [-0.4, -0.2) is 31.3 Å². The molecule has 3 atom stereocenters. The highest BCUT2D eigenvalue weighted by atomic mass is 16.5. The van der Waals surface area contributed by atoms with Crippen molar-refractivity contribution in [2.75, 3.05) is 13.2 Å². The number of hydrogen-bond acceptors (Lipinski definition) is 3. The van der Waals surface area contributed by atoms with Gasteiger partial charge < -0.3 is 19.8 Å². The van der Waals surface area contributed by atoms with E-state index in [1.807, 2.05) is 12.1 Å². The molecule has 2 saturated carbocycles. The number of carbonyl (C=O) groups excluding carboxylic acids is 1. The van der Waals surface area contributed by atoms with Gasteiger partial charge in [0.15, 0.2) is 0 Å². The number of hydrogen-bond donors (Lipinski definition) is 2. The second-order valence-corrected chi connectivity index (χ2v) is 7.05. The van der Waals surface area contributed by atoms with Gasteiger partial charge in [0.25, 0.3) is 0 Å². The van der Waals surface area contributed by atoms with Crippen LogP contribution in [0, 0.1) is 5.41 Å². The van der Waals surface area contributed by atoms with E-state index in [0.717, 1.165) is 31.8 Å². The summed E-state index contributed by atoms with van der Waals surface area (Å²) < 4.78 is 11.1. The fourth-order valence-corrected chi connectivity index (χ4v) is 4.22. The van der Waals surface area contributed by atoms with Gasteiger partial charge in [0.1, 0.15) is 5.76 Å². The van der Waals surface area contributed by atoms with Crippen LogP contribution in [0.4, 0.5) is 4.79 Å². The minimum absolute atomic E-state index is 0.0303. The van der Waals surface area contributed by atoms with Gasteiger partial charge >= 0.3 is 6.03 Å². The summed E-state index contributed by atoms with van der Waals surface area (Å²) in [6, 6.07) is 4.32. The molecule has 0 aromatic carbocycles. The maximum absolute atomic E-state index is 12.3. The average molecular weight is 304 g/mol. The lowest BCUT2D eigenvalue weighted by Crippen LogP contribution is -2.54. The van der Waals surface area contributed by atoms with Crippen molar-refractivity contribution in [3.05, 3.63) is 24.2 Å². The van der Waals surface area contributed by atoms with Crippen molar-refractivity contribution in [1.29, 1.82) is 0 Å². The number of ether oxygens (including phenoxy) is 1. The quantitative estimate of drug-likeness (QED) is 0.902. The van der Waals surface area contributed by atoms with Gasteiger partial charge in [0, 0.05) is 30.0 Å². The van der Waals surface area contributed by atoms with Crippen LogP contribution in [0.3, 0.4) is 0 Å². The lowest BCUT2D eigenvalue weighted by molar-refractivity contribution is -0.0264. The van der Waals surface area contributed by atoms with Crippen molar-refractivity contribution < 1.29 is 13.9 Å². The van der Waals surface area contributed by atoms with Crippen LogP contribution >= 0.6 is 0 Å². The molecule has 120 valence electrons. The third kappa shape index (κ3) is 2.62. The number of nitrogens with one attached hydrogen (secondary N) is 2. The van der Waals surface area contributed by atoms with Crippen molar-refractivity contribution >= 4 is 6.03 Å². The highest BCUT2D eigenvalue weighted by Crippen LogP contribution is 2.44. The van der Waals surface area contributed by atoms with Crippen LogP contribution in [0.5, 0.6) is 0 Å². The van der Waals surface area contributed by atoms with Crippen molar-refractivity contribution in [2.24, 2.45) is 5.41 Å². The molecule has 5 nitrogen and oxygen atoms in total. The zero-order valence-electron chi connectivity index (χ0n) is 12.8. The first-order valence-corrected chi connectivity index (χ1v) is 8.45. The molecule has 2 aliphatic carbocycles. The van der Waals surface area contributed by atoms with Gasteiger partial charge in [-0.1, -0.05) is 12.8 Å². The van der Waals surface area contributed by atoms with E-state index in [9.17, 15) is 4.79 Å². The Morgan fingerprint density at radius 2 is 2.14 bits per heavy atom. The Morgan fingerprint density at radius 1 is 1.27 bits per heavy atom. The summed E-state index contributed by atoms with van der Waals surface area (Å²) in [6.07, 6.45) is 8.46. The molecule has 2 heterocycles. The summed E-state index contributed by atoms with van der Waals surface area (Å²) in [4.78, 5) is 12.3. The van der Waals surface area contributed by atoms with Crippen LogP contribution in [0.25, 0.3) is 0 Å². The monoisotopic (exact) mass is 304 g/mol. The number of rotatable bonds is 3. The van der Waals surface area contributed by atoms with Crippen molar-refractivity contribution in [3.63, 3.8) is 0 Å².